The van der Waals surface area contributed by atoms with Crippen LogP contribution in [0.25, 0.3) is 0 Å². The lowest BCUT2D eigenvalue weighted by atomic mass is 10.2. The number of nitrogens with one attached hydrogen (secondary N) is 1. The Labute approximate surface area is 124 Å². The van der Waals surface area contributed by atoms with Gasteiger partial charge in [0.1, 0.15) is 0 Å². The highest BCUT2D eigenvalue weighted by atomic mass is 35.5. The molecule has 108 valence electrons. The van der Waals surface area contributed by atoms with Crippen LogP contribution in [0.4, 0.5) is 0 Å². The Bertz CT molecular complexity index is 539. The van der Waals surface area contributed by atoms with Gasteiger partial charge in [-0.15, -0.1) is 12.4 Å². The van der Waals surface area contributed by atoms with Crippen LogP contribution in [0.15, 0.2) is 42.7 Å². The maximum absolute atomic E-state index is 11.4. The predicted molar refractivity (Wildman–Crippen MR) is 80.5 cm³/mol. The van der Waals surface area contributed by atoms with E-state index in [-0.39, 0.29) is 18.3 Å². The number of amides is 1. The highest BCUT2D eigenvalue weighted by Gasteiger charge is 2.07. The van der Waals surface area contributed by atoms with Crippen LogP contribution >= 0.6 is 12.4 Å². The summed E-state index contributed by atoms with van der Waals surface area (Å²) in [5.41, 5.74) is 7.63. The number of nitrogens with two attached hydrogens (primary N) is 1. The average Bonchev–Trinajstić information content (AvgIpc) is 2.84. The van der Waals surface area contributed by atoms with Gasteiger partial charge in [0.15, 0.2) is 0 Å². The van der Waals surface area contributed by atoms with Gasteiger partial charge in [-0.3, -0.25) is 9.48 Å². The molecule has 0 spiro atoms. The first kappa shape index (κ1) is 16.2. The molecule has 1 amide bonds. The van der Waals surface area contributed by atoms with Crippen LogP contribution in [0.1, 0.15) is 18.1 Å². The van der Waals surface area contributed by atoms with Gasteiger partial charge in [0.05, 0.1) is 18.8 Å². The van der Waals surface area contributed by atoms with Crippen LogP contribution in [0.5, 0.6) is 0 Å². The van der Waals surface area contributed by atoms with Gasteiger partial charge >= 0.3 is 0 Å². The average molecular weight is 295 g/mol. The Morgan fingerprint density at radius 3 is 2.70 bits per heavy atom. The summed E-state index contributed by atoms with van der Waals surface area (Å²) >= 11 is 0. The molecule has 20 heavy (non-hydrogen) atoms. The maximum Gasteiger partial charge on any atom is 0.236 e. The molecule has 2 rings (SSSR count). The Hall–Kier alpha value is -1.85. The Morgan fingerprint density at radius 2 is 2.05 bits per heavy atom. The monoisotopic (exact) mass is 294 g/mol. The van der Waals surface area contributed by atoms with Crippen molar-refractivity contribution in [3.8, 4) is 0 Å². The van der Waals surface area contributed by atoms with Gasteiger partial charge in [-0.05, 0) is 12.5 Å². The Morgan fingerprint density at radius 1 is 1.35 bits per heavy atom. The number of carbonyl (C=O) groups is 1. The molecule has 1 atom stereocenters. The van der Waals surface area contributed by atoms with E-state index in [4.69, 9.17) is 5.73 Å². The van der Waals surface area contributed by atoms with Gasteiger partial charge in [0.2, 0.25) is 5.91 Å². The van der Waals surface area contributed by atoms with E-state index in [1.54, 1.807) is 13.1 Å². The van der Waals surface area contributed by atoms with Crippen molar-refractivity contribution in [2.24, 2.45) is 5.73 Å². The lowest BCUT2D eigenvalue weighted by molar-refractivity contribution is -0.122. The van der Waals surface area contributed by atoms with Gasteiger partial charge < -0.3 is 11.1 Å². The fraction of sp³-hybridized carbons (Fsp3) is 0.286. The zero-order valence-electron chi connectivity index (χ0n) is 11.3. The number of halogens is 1. The fourth-order valence-electron chi connectivity index (χ4n) is 1.70. The summed E-state index contributed by atoms with van der Waals surface area (Å²) < 4.78 is 1.85. The number of hydrogen-bond acceptors (Lipinski definition) is 3. The van der Waals surface area contributed by atoms with Crippen LogP contribution in [0.3, 0.4) is 0 Å². The number of rotatable bonds is 5. The van der Waals surface area contributed by atoms with Crippen molar-refractivity contribution in [3.05, 3.63) is 53.9 Å². The van der Waals surface area contributed by atoms with Crippen molar-refractivity contribution in [1.82, 2.24) is 15.1 Å². The largest absolute Gasteiger partial charge is 0.351 e. The van der Waals surface area contributed by atoms with E-state index in [9.17, 15) is 4.79 Å². The summed E-state index contributed by atoms with van der Waals surface area (Å²) in [6, 6.07) is 9.62. The molecule has 0 saturated carbocycles. The minimum atomic E-state index is -0.487. The Kier molecular flexibility index (Phi) is 6.21. The molecule has 0 aliphatic carbocycles. The summed E-state index contributed by atoms with van der Waals surface area (Å²) in [7, 11) is 0. The van der Waals surface area contributed by atoms with Crippen molar-refractivity contribution >= 4 is 18.3 Å². The van der Waals surface area contributed by atoms with Crippen molar-refractivity contribution in [1.29, 1.82) is 0 Å². The van der Waals surface area contributed by atoms with E-state index in [1.165, 1.54) is 5.56 Å². The summed E-state index contributed by atoms with van der Waals surface area (Å²) in [6.07, 6.45) is 3.68. The predicted octanol–water partition coefficient (Wildman–Crippen LogP) is 1.32. The van der Waals surface area contributed by atoms with Gasteiger partial charge in [0.25, 0.3) is 0 Å². The third-order valence-corrected chi connectivity index (χ3v) is 2.75. The van der Waals surface area contributed by atoms with E-state index >= 15 is 0 Å². The lowest BCUT2D eigenvalue weighted by Gasteiger charge is -2.05. The first-order valence-corrected chi connectivity index (χ1v) is 6.23. The number of aromatic nitrogens is 2. The summed E-state index contributed by atoms with van der Waals surface area (Å²) in [5.74, 6) is -0.157. The van der Waals surface area contributed by atoms with Crippen LogP contribution in [-0.2, 0) is 17.9 Å². The molecule has 3 N–H and O–H groups in total. The van der Waals surface area contributed by atoms with Gasteiger partial charge in [-0.25, -0.2) is 0 Å². The van der Waals surface area contributed by atoms with Crippen molar-refractivity contribution < 1.29 is 4.79 Å². The van der Waals surface area contributed by atoms with Gasteiger partial charge in [-0.2, -0.15) is 5.10 Å². The second kappa shape index (κ2) is 7.67. The van der Waals surface area contributed by atoms with E-state index in [2.05, 4.69) is 22.5 Å². The molecule has 0 unspecified atom stereocenters. The molecule has 6 heteroatoms. The SMILES string of the molecule is C[C@H](N)C(=O)NCc1cnn(Cc2ccccc2)c1.Cl. The molecular weight excluding hydrogens is 276 g/mol. The second-order valence-corrected chi connectivity index (χ2v) is 4.54. The number of carbonyl (C=O) groups excluding carboxylic acids is 1. The molecule has 5 nitrogen and oxygen atoms in total. The molecule has 0 radical (unpaired) electrons. The first-order chi connectivity index (χ1) is 9.15. The van der Waals surface area contributed by atoms with Crippen molar-refractivity contribution in [2.75, 3.05) is 0 Å². The van der Waals surface area contributed by atoms with Crippen LogP contribution in [-0.4, -0.2) is 21.7 Å². The third-order valence-electron chi connectivity index (χ3n) is 2.75. The minimum Gasteiger partial charge on any atom is -0.351 e. The number of nitrogens with zero attached hydrogens (tertiary/aromatic N) is 2. The molecule has 1 aromatic heterocycles. The summed E-state index contributed by atoms with van der Waals surface area (Å²) in [6.45, 7) is 2.84. The number of hydrogen-bond donors (Lipinski definition) is 2. The van der Waals surface area contributed by atoms with E-state index in [1.807, 2.05) is 29.1 Å². The minimum absolute atomic E-state index is 0. The summed E-state index contributed by atoms with van der Waals surface area (Å²) in [5, 5.41) is 7.03. The first-order valence-electron chi connectivity index (χ1n) is 6.23. The van der Waals surface area contributed by atoms with Crippen molar-refractivity contribution in [3.63, 3.8) is 0 Å². The smallest absolute Gasteiger partial charge is 0.236 e. The maximum atomic E-state index is 11.4. The topological polar surface area (TPSA) is 72.9 Å². The zero-order chi connectivity index (χ0) is 13.7. The quantitative estimate of drug-likeness (QED) is 0.873. The molecule has 2 aromatic rings. The molecule has 0 aliphatic rings. The molecule has 0 fully saturated rings. The molecule has 0 aliphatic heterocycles. The molecule has 0 bridgehead atoms. The number of benzene rings is 1. The van der Waals surface area contributed by atoms with Crippen LogP contribution in [0.2, 0.25) is 0 Å². The normalized spacial score (nSPS) is 11.5. The lowest BCUT2D eigenvalue weighted by Crippen LogP contribution is -2.37. The van der Waals surface area contributed by atoms with Crippen LogP contribution < -0.4 is 11.1 Å². The third kappa shape index (κ3) is 4.68. The Balaban J connectivity index is 0.00000200. The zero-order valence-corrected chi connectivity index (χ0v) is 12.1. The van der Waals surface area contributed by atoms with Crippen molar-refractivity contribution in [2.45, 2.75) is 26.1 Å². The molecular formula is C14H19ClN4O. The molecule has 0 saturated heterocycles. The second-order valence-electron chi connectivity index (χ2n) is 4.54. The van der Waals surface area contributed by atoms with E-state index in [0.29, 0.717) is 6.54 Å². The summed E-state index contributed by atoms with van der Waals surface area (Å²) in [4.78, 5) is 11.4. The van der Waals surface area contributed by atoms with Gasteiger partial charge in [0, 0.05) is 18.3 Å². The highest BCUT2D eigenvalue weighted by Crippen LogP contribution is 2.03. The molecule has 1 aromatic carbocycles. The van der Waals surface area contributed by atoms with Gasteiger partial charge in [-0.1, -0.05) is 30.3 Å². The van der Waals surface area contributed by atoms with E-state index in [0.717, 1.165) is 12.1 Å². The standard InChI is InChI=1S/C14H18N4O.ClH/c1-11(15)14(19)16-7-13-8-17-18(10-13)9-12-5-3-2-4-6-12;/h2-6,8,10-11H,7,9,15H2,1H3,(H,16,19);1H/t11-;/m0./s1. The van der Waals surface area contributed by atoms with Crippen LogP contribution in [0, 0.1) is 0 Å². The highest BCUT2D eigenvalue weighted by molar-refractivity contribution is 5.85. The molecule has 1 heterocycles. The fourth-order valence-corrected chi connectivity index (χ4v) is 1.70. The van der Waals surface area contributed by atoms with E-state index < -0.39 is 6.04 Å².